The first-order valence-electron chi connectivity index (χ1n) is 19.9. The minimum Gasteiger partial charge on any atom is -0.477 e. The van der Waals surface area contributed by atoms with E-state index >= 15 is 0 Å². The lowest BCUT2D eigenvalue weighted by Gasteiger charge is -2.49. The van der Waals surface area contributed by atoms with Gasteiger partial charge in [0, 0.05) is 47.9 Å². The quantitative estimate of drug-likeness (QED) is 0.0180. The third-order valence-electron chi connectivity index (χ3n) is 10.0. The average molecular weight is 1110 g/mol. The third kappa shape index (κ3) is 10.8. The molecule has 10 N–H and O–H groups in total. The maximum atomic E-state index is 12.9. The van der Waals surface area contributed by atoms with Crippen LogP contribution in [0.15, 0.2) is 73.1 Å². The van der Waals surface area contributed by atoms with Crippen molar-refractivity contribution in [2.45, 2.75) is 33.1 Å². The summed E-state index contributed by atoms with van der Waals surface area (Å²) < 4.78 is 2.51. The molecule has 8 rings (SSSR count). The molecule has 4 aromatic rings. The SMILES string of the molecule is CO/N=C(\C(=O)N[C@@H]1C(=O)N2C(C(=O)O)=C(CSc3nc(=O)c(=O)[nH]n3C)CS[C@H]12)c1csc(N)n1.CO/N=C(\C(=O)N[C@@H]1C(=O)N2C(C(=O)O)=C(CSc3nc(=O)c(=O)[nH]n3C)CS[C@H]12)c1csc(N)n1. The number of nitrogens with two attached hydrogens (primary N) is 2. The Bertz CT molecular complexity index is 3070. The van der Waals surface area contributed by atoms with Crippen molar-refractivity contribution in [3.05, 3.63) is 86.1 Å². The molecule has 0 aliphatic carbocycles. The predicted molar refractivity (Wildman–Crippen MR) is 261 cm³/mol. The summed E-state index contributed by atoms with van der Waals surface area (Å²) in [7, 11) is 5.48. The van der Waals surface area contributed by atoms with E-state index in [0.29, 0.717) is 11.1 Å². The summed E-state index contributed by atoms with van der Waals surface area (Å²) in [6, 6.07) is -1.99. The minimum absolute atomic E-state index is 0.102. The Hall–Kier alpha value is -7.28. The van der Waals surface area contributed by atoms with Crippen LogP contribution in [0.5, 0.6) is 0 Å². The molecule has 36 heteroatoms. The highest BCUT2D eigenvalue weighted by Crippen LogP contribution is 2.43. The van der Waals surface area contributed by atoms with Gasteiger partial charge in [-0.3, -0.25) is 67.7 Å². The van der Waals surface area contributed by atoms with Crippen LogP contribution in [0.1, 0.15) is 11.4 Å². The van der Waals surface area contributed by atoms with E-state index in [2.05, 4.69) is 51.1 Å². The standard InChI is InChI=1S/2C18H18N8O7S3/c2*1-25-18(22-12(28)13(29)23-25)36-4-6-3-34-15-9(14(30)26(15)10(6)16(31)32)21-11(27)8(24-33-2)7-5-35-17(19)20-7/h2*5,9,15H,3-4H2,1-2H3,(H2,19,20)(H,21,27)(H,23,29)(H,31,32)/b2*24-8-/t2*9-,15-/m11/s1. The first-order valence-corrected chi connectivity index (χ1v) is 25.7. The Morgan fingerprint density at radius 3 is 1.39 bits per heavy atom. The van der Waals surface area contributed by atoms with Crippen molar-refractivity contribution in [1.82, 2.24) is 59.9 Å². The Morgan fingerprint density at radius 2 is 1.07 bits per heavy atom. The number of β-lactam (4-membered cyclic amide) rings is 2. The lowest BCUT2D eigenvalue weighted by Crippen LogP contribution is -2.71. The smallest absolute Gasteiger partial charge is 0.352 e. The van der Waals surface area contributed by atoms with Gasteiger partial charge in [0.05, 0.1) is 0 Å². The van der Waals surface area contributed by atoms with Gasteiger partial charge in [0.15, 0.2) is 32.0 Å². The number of H-pyrrole nitrogens is 2. The van der Waals surface area contributed by atoms with Crippen molar-refractivity contribution in [3.8, 4) is 0 Å². The normalized spacial score (nSPS) is 19.6. The number of aromatic nitrogens is 8. The van der Waals surface area contributed by atoms with Gasteiger partial charge in [0.2, 0.25) is 0 Å². The Kier molecular flexibility index (Phi) is 16.1. The fourth-order valence-electron chi connectivity index (χ4n) is 6.88. The molecule has 380 valence electrons. The molecule has 0 radical (unpaired) electrons. The highest BCUT2D eigenvalue weighted by Gasteiger charge is 2.56. The molecule has 2 saturated heterocycles. The zero-order valence-corrected chi connectivity index (χ0v) is 42.1. The number of aliphatic carboxylic acids is 2. The summed E-state index contributed by atoms with van der Waals surface area (Å²) in [5.74, 6) is -4.60. The molecule has 72 heavy (non-hydrogen) atoms. The van der Waals surface area contributed by atoms with Crippen LogP contribution in [-0.4, -0.2) is 167 Å². The predicted octanol–water partition coefficient (Wildman–Crippen LogP) is -3.22. The Morgan fingerprint density at radius 1 is 0.694 bits per heavy atom. The number of hydrogen-bond acceptors (Lipinski definition) is 26. The number of nitrogens with zero attached hydrogens (tertiary/aromatic N) is 10. The fourth-order valence-corrected chi connectivity index (χ4v) is 12.8. The number of carboxylic acids is 2. The molecule has 0 spiro atoms. The second-order valence-corrected chi connectivity index (χ2v) is 20.5. The van der Waals surface area contributed by atoms with Crippen LogP contribution in [0, 0.1) is 0 Å². The Labute approximate surface area is 425 Å². The molecule has 4 atom stereocenters. The number of hydrogen-bond donors (Lipinski definition) is 8. The van der Waals surface area contributed by atoms with E-state index in [1.165, 1.54) is 72.0 Å². The van der Waals surface area contributed by atoms with Gasteiger partial charge in [-0.25, -0.2) is 19.6 Å². The van der Waals surface area contributed by atoms with Gasteiger partial charge < -0.3 is 42.0 Å². The van der Waals surface area contributed by atoms with Gasteiger partial charge in [-0.05, 0) is 11.1 Å². The number of carboxylic acid groups (broad SMARTS) is 2. The van der Waals surface area contributed by atoms with E-state index in [4.69, 9.17) is 21.1 Å². The zero-order chi connectivity index (χ0) is 52.3. The molecule has 4 amide bonds. The summed E-state index contributed by atoms with van der Waals surface area (Å²) >= 11 is 6.82. The largest absolute Gasteiger partial charge is 0.477 e. The maximum Gasteiger partial charge on any atom is 0.352 e. The van der Waals surface area contributed by atoms with Crippen molar-refractivity contribution in [3.63, 3.8) is 0 Å². The van der Waals surface area contributed by atoms with Gasteiger partial charge >= 0.3 is 34.2 Å². The van der Waals surface area contributed by atoms with Crippen LogP contribution in [0.3, 0.4) is 0 Å². The number of oxime groups is 2. The molecule has 0 bridgehead atoms. The molecule has 4 aliphatic rings. The second-order valence-electron chi connectivity index (χ2n) is 14.6. The van der Waals surface area contributed by atoms with Crippen LogP contribution in [0.2, 0.25) is 0 Å². The van der Waals surface area contributed by atoms with E-state index < -0.39 is 80.6 Å². The van der Waals surface area contributed by atoms with Crippen LogP contribution in [0.4, 0.5) is 10.3 Å². The highest BCUT2D eigenvalue weighted by atomic mass is 32.2. The molecule has 30 nitrogen and oxygen atoms in total. The maximum absolute atomic E-state index is 12.9. The molecule has 8 heterocycles. The molecule has 0 aromatic carbocycles. The van der Waals surface area contributed by atoms with E-state index in [-0.39, 0.29) is 77.8 Å². The van der Waals surface area contributed by atoms with Gasteiger partial charge in [0.1, 0.15) is 59.8 Å². The van der Waals surface area contributed by atoms with E-state index in [9.17, 15) is 58.2 Å². The number of thiazole rings is 2. The summed E-state index contributed by atoms with van der Waals surface area (Å²) in [5, 5.41) is 39.3. The number of anilines is 2. The number of thioether (sulfide) groups is 4. The molecule has 4 aliphatic heterocycles. The molecular weight excluding hydrogens is 1070 g/mol. The number of nitrogens with one attached hydrogen (secondary N) is 4. The van der Waals surface area contributed by atoms with Crippen LogP contribution in [0.25, 0.3) is 0 Å². The number of carbonyl (C=O) groups is 6. The van der Waals surface area contributed by atoms with Crippen molar-refractivity contribution in [2.24, 2.45) is 24.4 Å². The van der Waals surface area contributed by atoms with Gasteiger partial charge in [0.25, 0.3) is 23.6 Å². The number of rotatable bonds is 16. The summed E-state index contributed by atoms with van der Waals surface area (Å²) in [6.45, 7) is 0. The lowest BCUT2D eigenvalue weighted by atomic mass is 10.0. The number of aromatic amines is 2. The molecule has 0 saturated carbocycles. The molecule has 2 fully saturated rings. The summed E-state index contributed by atoms with van der Waals surface area (Å²) in [4.78, 5) is 149. The zero-order valence-electron chi connectivity index (χ0n) is 37.2. The van der Waals surface area contributed by atoms with Gasteiger partial charge in [-0.15, -0.1) is 46.2 Å². The number of carbonyl (C=O) groups excluding carboxylic acids is 4. The van der Waals surface area contributed by atoms with Crippen LogP contribution < -0.4 is 44.3 Å². The second kappa shape index (κ2) is 22.0. The molecular formula is C36H36N16O14S6. The monoisotopic (exact) mass is 1110 g/mol. The van der Waals surface area contributed by atoms with Gasteiger partial charge in [-0.2, -0.15) is 9.97 Å². The number of fused-ring (bicyclic) bond motifs is 2. The van der Waals surface area contributed by atoms with E-state index in [1.54, 1.807) is 0 Å². The molecule has 0 unspecified atom stereocenters. The molecule has 4 aromatic heterocycles. The first-order chi connectivity index (χ1) is 34.2. The number of amides is 4. The van der Waals surface area contributed by atoms with Crippen molar-refractivity contribution >= 4 is 127 Å². The number of aryl methyl sites for hydroxylation is 2. The average Bonchev–Trinajstić information content (AvgIpc) is 3.98. The van der Waals surface area contributed by atoms with Crippen molar-refractivity contribution in [2.75, 3.05) is 48.7 Å². The summed E-state index contributed by atoms with van der Waals surface area (Å²) in [5.41, 5.74) is 8.00. The van der Waals surface area contributed by atoms with E-state index in [1.807, 2.05) is 0 Å². The van der Waals surface area contributed by atoms with Crippen molar-refractivity contribution < 1.29 is 48.7 Å². The van der Waals surface area contributed by atoms with E-state index in [0.717, 1.165) is 56.0 Å². The summed E-state index contributed by atoms with van der Waals surface area (Å²) in [6.07, 6.45) is 0. The number of nitrogen functional groups attached to an aromatic ring is 2. The highest BCUT2D eigenvalue weighted by molar-refractivity contribution is 8.01. The lowest BCUT2D eigenvalue weighted by molar-refractivity contribution is -0.150. The van der Waals surface area contributed by atoms with Gasteiger partial charge in [-0.1, -0.05) is 33.8 Å². The van der Waals surface area contributed by atoms with Crippen LogP contribution >= 0.6 is 69.7 Å². The van der Waals surface area contributed by atoms with Crippen molar-refractivity contribution in [1.29, 1.82) is 0 Å². The first kappa shape index (κ1) is 52.5. The van der Waals surface area contributed by atoms with Crippen LogP contribution in [-0.2, 0) is 52.5 Å². The Balaban J connectivity index is 0.000000211. The minimum atomic E-state index is -1.31. The fraction of sp³-hybridized carbons (Fsp3) is 0.333. The topological polar surface area (TPSA) is 430 Å². The third-order valence-corrected chi connectivity index (χ3v) is 16.3.